The van der Waals surface area contributed by atoms with E-state index in [1.165, 1.54) is 16.8 Å². The van der Waals surface area contributed by atoms with E-state index in [2.05, 4.69) is 47.8 Å². The molecule has 2 atom stereocenters. The Balaban J connectivity index is 1.99. The Morgan fingerprint density at radius 1 is 1.14 bits per heavy atom. The average molecular weight is 282 g/mol. The number of anilines is 1. The van der Waals surface area contributed by atoms with Gasteiger partial charge < -0.3 is 15.8 Å². The van der Waals surface area contributed by atoms with E-state index in [4.69, 9.17) is 10.5 Å². The van der Waals surface area contributed by atoms with Crippen LogP contribution in [0.4, 0.5) is 5.69 Å². The third-order valence-electron chi connectivity index (χ3n) is 4.22. The number of rotatable bonds is 5. The molecule has 0 fully saturated rings. The maximum atomic E-state index is 5.69. The molecule has 0 saturated carbocycles. The molecule has 21 heavy (non-hydrogen) atoms. The lowest BCUT2D eigenvalue weighted by Gasteiger charge is -2.21. The van der Waals surface area contributed by atoms with E-state index in [1.807, 2.05) is 6.07 Å². The molecule has 2 unspecified atom stereocenters. The number of nitrogens with two attached hydrogens (primary N) is 1. The van der Waals surface area contributed by atoms with Gasteiger partial charge in [-0.2, -0.15) is 0 Å². The van der Waals surface area contributed by atoms with Gasteiger partial charge in [0.25, 0.3) is 0 Å². The van der Waals surface area contributed by atoms with Gasteiger partial charge in [-0.25, -0.2) is 0 Å². The molecule has 0 bridgehead atoms. The number of fused-ring (bicyclic) bond motifs is 1. The van der Waals surface area contributed by atoms with E-state index in [1.54, 1.807) is 7.11 Å². The molecule has 110 valence electrons. The summed E-state index contributed by atoms with van der Waals surface area (Å²) in [5.74, 6) is 1.28. The van der Waals surface area contributed by atoms with Crippen LogP contribution in [0.5, 0.6) is 5.75 Å². The fourth-order valence-electron chi connectivity index (χ4n) is 3.21. The van der Waals surface area contributed by atoms with Gasteiger partial charge in [0.1, 0.15) is 5.75 Å². The van der Waals surface area contributed by atoms with Crippen molar-refractivity contribution in [3.63, 3.8) is 0 Å². The SMILES string of the molecule is COc1ccc2c(c1)C(c1ccccc1)C(CCCN)N2. The van der Waals surface area contributed by atoms with Crippen molar-refractivity contribution >= 4 is 5.69 Å². The second-order valence-corrected chi connectivity index (χ2v) is 5.52. The number of methoxy groups -OCH3 is 1. The number of hydrogen-bond acceptors (Lipinski definition) is 3. The smallest absolute Gasteiger partial charge is 0.119 e. The van der Waals surface area contributed by atoms with Gasteiger partial charge in [0.2, 0.25) is 0 Å². The fourth-order valence-corrected chi connectivity index (χ4v) is 3.21. The highest BCUT2D eigenvalue weighted by Gasteiger charge is 2.32. The summed E-state index contributed by atoms with van der Waals surface area (Å²) in [5.41, 5.74) is 9.58. The van der Waals surface area contributed by atoms with Crippen molar-refractivity contribution in [2.24, 2.45) is 5.73 Å². The Morgan fingerprint density at radius 2 is 1.95 bits per heavy atom. The van der Waals surface area contributed by atoms with Crippen LogP contribution in [-0.4, -0.2) is 19.7 Å². The molecule has 2 aromatic carbocycles. The Labute approximate surface area is 126 Å². The zero-order valence-electron chi connectivity index (χ0n) is 12.4. The van der Waals surface area contributed by atoms with E-state index in [9.17, 15) is 0 Å². The molecule has 3 heteroatoms. The normalized spacial score (nSPS) is 19.9. The van der Waals surface area contributed by atoms with Crippen molar-refractivity contribution < 1.29 is 4.74 Å². The molecule has 0 aromatic heterocycles. The number of nitrogens with one attached hydrogen (secondary N) is 1. The molecule has 0 amide bonds. The highest BCUT2D eigenvalue weighted by atomic mass is 16.5. The van der Waals surface area contributed by atoms with E-state index >= 15 is 0 Å². The average Bonchev–Trinajstić information content (AvgIpc) is 2.90. The van der Waals surface area contributed by atoms with Crippen LogP contribution in [0.3, 0.4) is 0 Å². The predicted molar refractivity (Wildman–Crippen MR) is 87.0 cm³/mol. The maximum absolute atomic E-state index is 5.69. The Hall–Kier alpha value is -2.00. The first kappa shape index (κ1) is 14.0. The number of benzene rings is 2. The predicted octanol–water partition coefficient (Wildman–Crippen LogP) is 3.36. The van der Waals surface area contributed by atoms with E-state index in [-0.39, 0.29) is 0 Å². The van der Waals surface area contributed by atoms with Crippen LogP contribution in [0.1, 0.15) is 29.9 Å². The lowest BCUT2D eigenvalue weighted by Crippen LogP contribution is -2.22. The molecule has 0 aliphatic carbocycles. The van der Waals surface area contributed by atoms with Crippen molar-refractivity contribution in [3.05, 3.63) is 59.7 Å². The van der Waals surface area contributed by atoms with E-state index < -0.39 is 0 Å². The van der Waals surface area contributed by atoms with Gasteiger partial charge >= 0.3 is 0 Å². The molecule has 1 aliphatic rings. The first-order valence-electron chi connectivity index (χ1n) is 7.53. The van der Waals surface area contributed by atoms with Crippen LogP contribution in [0.2, 0.25) is 0 Å². The van der Waals surface area contributed by atoms with Gasteiger partial charge in [-0.15, -0.1) is 0 Å². The van der Waals surface area contributed by atoms with Gasteiger partial charge in [0.15, 0.2) is 0 Å². The second kappa shape index (κ2) is 6.19. The van der Waals surface area contributed by atoms with Crippen LogP contribution in [0, 0.1) is 0 Å². The minimum absolute atomic E-state index is 0.364. The molecule has 0 saturated heterocycles. The monoisotopic (exact) mass is 282 g/mol. The summed E-state index contributed by atoms with van der Waals surface area (Å²) < 4.78 is 5.39. The lowest BCUT2D eigenvalue weighted by molar-refractivity contribution is 0.414. The second-order valence-electron chi connectivity index (χ2n) is 5.52. The van der Waals surface area contributed by atoms with Crippen molar-refractivity contribution in [2.45, 2.75) is 24.8 Å². The zero-order chi connectivity index (χ0) is 14.7. The molecule has 1 aliphatic heterocycles. The molecule has 3 N–H and O–H groups in total. The maximum Gasteiger partial charge on any atom is 0.119 e. The molecule has 3 nitrogen and oxygen atoms in total. The fraction of sp³-hybridized carbons (Fsp3) is 0.333. The minimum Gasteiger partial charge on any atom is -0.497 e. The van der Waals surface area contributed by atoms with Crippen molar-refractivity contribution in [2.75, 3.05) is 19.0 Å². The third kappa shape index (κ3) is 2.74. The van der Waals surface area contributed by atoms with Gasteiger partial charge in [0, 0.05) is 17.6 Å². The van der Waals surface area contributed by atoms with Gasteiger partial charge in [-0.3, -0.25) is 0 Å². The molecule has 3 rings (SSSR count). The van der Waals surface area contributed by atoms with E-state index in [0.717, 1.165) is 25.1 Å². The van der Waals surface area contributed by atoms with Gasteiger partial charge in [0.05, 0.1) is 7.11 Å². The summed E-state index contributed by atoms with van der Waals surface area (Å²) in [4.78, 5) is 0. The first-order valence-corrected chi connectivity index (χ1v) is 7.53. The highest BCUT2D eigenvalue weighted by molar-refractivity contribution is 5.64. The highest BCUT2D eigenvalue weighted by Crippen LogP contribution is 2.43. The quantitative estimate of drug-likeness (QED) is 0.884. The number of hydrogen-bond donors (Lipinski definition) is 2. The summed E-state index contributed by atoms with van der Waals surface area (Å²) in [6.07, 6.45) is 2.11. The Morgan fingerprint density at radius 3 is 2.67 bits per heavy atom. The van der Waals surface area contributed by atoms with Crippen molar-refractivity contribution in [3.8, 4) is 5.75 Å². The lowest BCUT2D eigenvalue weighted by atomic mass is 9.86. The first-order chi connectivity index (χ1) is 10.3. The van der Waals surface area contributed by atoms with Crippen molar-refractivity contribution in [1.29, 1.82) is 0 Å². The Kier molecular flexibility index (Phi) is 4.11. The van der Waals surface area contributed by atoms with Gasteiger partial charge in [-0.05, 0) is 48.7 Å². The van der Waals surface area contributed by atoms with Crippen molar-refractivity contribution in [1.82, 2.24) is 0 Å². The molecular formula is C18H22N2O. The molecule has 2 aromatic rings. The Bertz CT molecular complexity index is 597. The zero-order valence-corrected chi connectivity index (χ0v) is 12.4. The summed E-state index contributed by atoms with van der Waals surface area (Å²) in [6.45, 7) is 0.735. The van der Waals surface area contributed by atoms with Gasteiger partial charge in [-0.1, -0.05) is 30.3 Å². The summed E-state index contributed by atoms with van der Waals surface area (Å²) >= 11 is 0. The van der Waals surface area contributed by atoms with Crippen LogP contribution < -0.4 is 15.8 Å². The largest absolute Gasteiger partial charge is 0.497 e. The van der Waals surface area contributed by atoms with E-state index in [0.29, 0.717) is 12.0 Å². The summed E-state index contributed by atoms with van der Waals surface area (Å²) in [7, 11) is 1.72. The topological polar surface area (TPSA) is 47.3 Å². The molecular weight excluding hydrogens is 260 g/mol. The van der Waals surface area contributed by atoms with Crippen LogP contribution in [0.25, 0.3) is 0 Å². The molecule has 0 spiro atoms. The molecule has 0 radical (unpaired) electrons. The third-order valence-corrected chi connectivity index (χ3v) is 4.22. The summed E-state index contributed by atoms with van der Waals surface area (Å²) in [6, 6.07) is 17.4. The number of ether oxygens (including phenoxy) is 1. The standard InChI is InChI=1S/C18H22N2O/c1-21-14-9-10-16-15(12-14)18(13-6-3-2-4-7-13)17(20-16)8-5-11-19/h2-4,6-7,9-10,12,17-18,20H,5,8,11,19H2,1H3. The minimum atomic E-state index is 0.364. The van der Waals surface area contributed by atoms with Crippen LogP contribution in [-0.2, 0) is 0 Å². The summed E-state index contributed by atoms with van der Waals surface area (Å²) in [5, 5.41) is 3.66. The van der Waals surface area contributed by atoms with Crippen LogP contribution >= 0.6 is 0 Å². The van der Waals surface area contributed by atoms with Crippen LogP contribution in [0.15, 0.2) is 48.5 Å². The molecule has 1 heterocycles.